The summed E-state index contributed by atoms with van der Waals surface area (Å²) in [6.45, 7) is 9.76. The molecule has 0 saturated carbocycles. The average molecular weight is 737 g/mol. The molecule has 5 rings (SSSR count). The molecule has 0 radical (unpaired) electrons. The van der Waals surface area contributed by atoms with E-state index in [4.69, 9.17) is 9.47 Å². The van der Waals surface area contributed by atoms with Gasteiger partial charge in [-0.2, -0.15) is 0 Å². The Morgan fingerprint density at radius 2 is 1.80 bits per heavy atom. The first-order valence-corrected chi connectivity index (χ1v) is 17.9. The number of benzene rings is 2. The Hall–Kier alpha value is -3.80. The Morgan fingerprint density at radius 3 is 2.41 bits per heavy atom. The Balaban J connectivity index is 1.52. The predicted octanol–water partition coefficient (Wildman–Crippen LogP) is 4.65. The maximum atomic E-state index is 14.8. The molecule has 2 bridgehead atoms. The molecule has 49 heavy (non-hydrogen) atoms. The van der Waals surface area contributed by atoms with Crippen LogP contribution in [0.4, 0.5) is 0 Å². The first-order chi connectivity index (χ1) is 23.7. The minimum absolute atomic E-state index is 0.104. The van der Waals surface area contributed by atoms with Gasteiger partial charge in [-0.15, -0.1) is 13.2 Å². The summed E-state index contributed by atoms with van der Waals surface area (Å²) in [6, 6.07) is 15.7. The van der Waals surface area contributed by atoms with E-state index < -0.39 is 66.1 Å². The van der Waals surface area contributed by atoms with Crippen LogP contribution in [0.1, 0.15) is 62.2 Å². The minimum Gasteiger partial charge on any atom is -0.463 e. The van der Waals surface area contributed by atoms with Crippen molar-refractivity contribution in [2.45, 2.75) is 73.7 Å². The largest absolute Gasteiger partial charge is 0.463 e. The van der Waals surface area contributed by atoms with Crippen LogP contribution in [-0.4, -0.2) is 87.5 Å². The van der Waals surface area contributed by atoms with Gasteiger partial charge in [-0.1, -0.05) is 102 Å². The van der Waals surface area contributed by atoms with Crippen molar-refractivity contribution in [3.63, 3.8) is 0 Å². The Kier molecular flexibility index (Phi) is 12.1. The van der Waals surface area contributed by atoms with Crippen LogP contribution in [0.3, 0.4) is 0 Å². The molecule has 0 aromatic heterocycles. The molecular formula is C38H46BrN3O7. The van der Waals surface area contributed by atoms with Gasteiger partial charge in [0.1, 0.15) is 18.2 Å². The summed E-state index contributed by atoms with van der Waals surface area (Å²) < 4.78 is 12.3. The number of likely N-dealkylation sites (tertiary alicyclic amines) is 1. The van der Waals surface area contributed by atoms with E-state index in [2.05, 4.69) is 34.4 Å². The number of ether oxygens (including phenoxy) is 2. The first-order valence-electron chi connectivity index (χ1n) is 17.0. The predicted molar refractivity (Wildman–Crippen MR) is 188 cm³/mol. The Bertz CT molecular complexity index is 1510. The van der Waals surface area contributed by atoms with Gasteiger partial charge in [0.2, 0.25) is 17.7 Å². The van der Waals surface area contributed by atoms with Gasteiger partial charge >= 0.3 is 5.97 Å². The molecule has 3 heterocycles. The van der Waals surface area contributed by atoms with Gasteiger partial charge in [0, 0.05) is 24.3 Å². The lowest BCUT2D eigenvalue weighted by molar-refractivity contribution is -0.151. The van der Waals surface area contributed by atoms with Gasteiger partial charge in [0.15, 0.2) is 0 Å². The molecular weight excluding hydrogens is 690 g/mol. The van der Waals surface area contributed by atoms with Gasteiger partial charge in [0.25, 0.3) is 0 Å². The van der Waals surface area contributed by atoms with E-state index in [1.807, 2.05) is 67.6 Å². The third-order valence-electron chi connectivity index (χ3n) is 9.88. The number of alkyl halides is 1. The van der Waals surface area contributed by atoms with Gasteiger partial charge in [0.05, 0.1) is 36.6 Å². The third-order valence-corrected chi connectivity index (χ3v) is 10.7. The van der Waals surface area contributed by atoms with Gasteiger partial charge in [-0.3, -0.25) is 19.2 Å². The normalized spacial score (nSPS) is 26.5. The van der Waals surface area contributed by atoms with E-state index in [1.54, 1.807) is 17.1 Å². The van der Waals surface area contributed by atoms with Crippen LogP contribution < -0.4 is 5.32 Å². The number of rotatable bonds is 17. The van der Waals surface area contributed by atoms with Crippen molar-refractivity contribution in [3.05, 3.63) is 97.1 Å². The van der Waals surface area contributed by atoms with E-state index in [0.717, 1.165) is 18.4 Å². The van der Waals surface area contributed by atoms with Crippen LogP contribution in [-0.2, 0) is 28.7 Å². The summed E-state index contributed by atoms with van der Waals surface area (Å²) in [5.41, 5.74) is 0.0847. The molecule has 8 atom stereocenters. The van der Waals surface area contributed by atoms with Crippen molar-refractivity contribution < 1.29 is 33.8 Å². The van der Waals surface area contributed by atoms with Crippen LogP contribution in [0.2, 0.25) is 0 Å². The summed E-state index contributed by atoms with van der Waals surface area (Å²) in [5, 5.41) is 13.9. The van der Waals surface area contributed by atoms with Gasteiger partial charge in [-0.25, -0.2) is 0 Å². The highest BCUT2D eigenvalue weighted by Gasteiger charge is 2.77. The van der Waals surface area contributed by atoms with Crippen molar-refractivity contribution in [2.75, 3.05) is 26.3 Å². The second-order valence-electron chi connectivity index (χ2n) is 12.9. The summed E-state index contributed by atoms with van der Waals surface area (Å²) in [7, 11) is 0. The number of nitrogens with one attached hydrogen (secondary N) is 1. The molecule has 1 spiro atoms. The van der Waals surface area contributed by atoms with Gasteiger partial charge in [-0.05, 0) is 30.4 Å². The highest BCUT2D eigenvalue weighted by Crippen LogP contribution is 2.61. The maximum absolute atomic E-state index is 14.8. The number of esters is 1. The molecule has 3 aliphatic rings. The zero-order valence-corrected chi connectivity index (χ0v) is 29.5. The first kappa shape index (κ1) is 36.5. The van der Waals surface area contributed by atoms with Crippen LogP contribution in [0.25, 0.3) is 0 Å². The Morgan fingerprint density at radius 1 is 1.12 bits per heavy atom. The minimum atomic E-state index is -1.32. The third kappa shape index (κ3) is 7.25. The van der Waals surface area contributed by atoms with Gasteiger partial charge < -0.3 is 29.7 Å². The van der Waals surface area contributed by atoms with Crippen molar-refractivity contribution >= 4 is 39.6 Å². The number of fused-ring (bicyclic) bond motifs is 1. The lowest BCUT2D eigenvalue weighted by Gasteiger charge is -2.39. The molecule has 2 aromatic carbocycles. The van der Waals surface area contributed by atoms with Crippen molar-refractivity contribution in [1.82, 2.24) is 15.1 Å². The second-order valence-corrected chi connectivity index (χ2v) is 14.1. The van der Waals surface area contributed by atoms with E-state index in [1.165, 1.54) is 4.90 Å². The fourth-order valence-corrected chi connectivity index (χ4v) is 8.57. The molecule has 11 heteroatoms. The van der Waals surface area contributed by atoms with Crippen LogP contribution in [0.5, 0.6) is 0 Å². The van der Waals surface area contributed by atoms with Crippen molar-refractivity contribution in [3.8, 4) is 0 Å². The number of carbonyl (C=O) groups is 4. The summed E-state index contributed by atoms with van der Waals surface area (Å²) in [4.78, 5) is 59.2. The highest BCUT2D eigenvalue weighted by atomic mass is 79.9. The number of carbonyl (C=O) groups excluding carboxylic acids is 4. The zero-order valence-electron chi connectivity index (χ0n) is 27.9. The molecule has 0 aliphatic carbocycles. The number of aliphatic hydroxyl groups is 1. The molecule has 3 amide bonds. The molecule has 3 fully saturated rings. The molecule has 10 nitrogen and oxygen atoms in total. The van der Waals surface area contributed by atoms with E-state index in [9.17, 15) is 24.3 Å². The number of halogens is 1. The average Bonchev–Trinajstić information content (AvgIpc) is 3.71. The highest BCUT2D eigenvalue weighted by molar-refractivity contribution is 9.09. The fraction of sp³-hybridized carbons (Fsp3) is 0.474. The lowest BCUT2D eigenvalue weighted by atomic mass is 9.70. The number of amides is 3. The number of aliphatic hydroxyl groups excluding tert-OH is 1. The SMILES string of the molecule is C=CCCC(=O)OC[C@@H](NC(=O)[C@H]1[C@@H]2O[C@@]3(CC2Br)[C@@H]1C(=O)N([C@H](CO)c1ccccc1)[C@@H]3C(=O)N(CC=C)CCCC)c1ccccc1. The standard InChI is InChI=1S/C38H46BrN3O7/c1-4-7-19-30(44)48-24-28(25-15-11-9-12-16-25)40-35(45)31-32-36(46)42(29(23-43)26-17-13-10-14-18-26)34(38(32)22-27(39)33(31)49-38)37(47)41(20-6-3)21-8-5-2/h4,6,9-18,27-29,31-34,43H,1,3,5,7-8,19-24H2,2H3,(H,40,45)/t27?,28-,29-,31-,32+,33-,34-,38+/m1/s1. The summed E-state index contributed by atoms with van der Waals surface area (Å²) in [5.74, 6) is -3.50. The number of hydrogen-bond donors (Lipinski definition) is 2. The fourth-order valence-electron chi connectivity index (χ4n) is 7.62. The molecule has 2 N–H and O–H groups in total. The number of unbranched alkanes of at least 4 members (excludes halogenated alkanes) is 1. The lowest BCUT2D eigenvalue weighted by Crippen LogP contribution is -2.57. The smallest absolute Gasteiger partial charge is 0.306 e. The molecule has 2 aromatic rings. The Labute approximate surface area is 296 Å². The molecule has 262 valence electrons. The van der Waals surface area contributed by atoms with E-state index in [0.29, 0.717) is 24.9 Å². The summed E-state index contributed by atoms with van der Waals surface area (Å²) >= 11 is 3.74. The monoisotopic (exact) mass is 735 g/mol. The van der Waals surface area contributed by atoms with Crippen LogP contribution in [0.15, 0.2) is 86.0 Å². The van der Waals surface area contributed by atoms with Crippen LogP contribution >= 0.6 is 15.9 Å². The topological polar surface area (TPSA) is 125 Å². The second kappa shape index (κ2) is 16.3. The molecule has 3 saturated heterocycles. The van der Waals surface area contributed by atoms with Crippen molar-refractivity contribution in [1.29, 1.82) is 0 Å². The van der Waals surface area contributed by atoms with E-state index >= 15 is 0 Å². The molecule has 1 unspecified atom stereocenters. The maximum Gasteiger partial charge on any atom is 0.306 e. The summed E-state index contributed by atoms with van der Waals surface area (Å²) in [6.07, 6.45) is 5.20. The number of hydrogen-bond acceptors (Lipinski definition) is 7. The van der Waals surface area contributed by atoms with Crippen LogP contribution in [0, 0.1) is 11.8 Å². The zero-order chi connectivity index (χ0) is 35.1. The van der Waals surface area contributed by atoms with E-state index in [-0.39, 0.29) is 30.3 Å². The quantitative estimate of drug-likeness (QED) is 0.138. The van der Waals surface area contributed by atoms with Crippen molar-refractivity contribution in [2.24, 2.45) is 11.8 Å². The molecule has 3 aliphatic heterocycles. The number of allylic oxidation sites excluding steroid dienone is 1. The number of nitrogens with zero attached hydrogens (tertiary/aromatic N) is 2.